The number of carbonyl (C=O) groups excluding carboxylic acids is 2. The number of aromatic nitrogens is 1. The number of rotatable bonds is 7. The summed E-state index contributed by atoms with van der Waals surface area (Å²) in [6, 6.07) is 16.0. The Balaban J connectivity index is 1.40. The monoisotopic (exact) mass is 463 g/mol. The second-order valence-corrected chi connectivity index (χ2v) is 8.76. The van der Waals surface area contributed by atoms with Crippen LogP contribution >= 0.6 is 23.1 Å². The van der Waals surface area contributed by atoms with Gasteiger partial charge in [-0.05, 0) is 31.2 Å². The molecule has 0 aliphatic carbocycles. The Hall–Kier alpha value is -3.61. The van der Waals surface area contributed by atoms with Crippen LogP contribution in [0.2, 0.25) is 0 Å². The van der Waals surface area contributed by atoms with Crippen molar-refractivity contribution < 1.29 is 18.7 Å². The predicted octanol–water partition coefficient (Wildman–Crippen LogP) is 5.16. The number of benzene rings is 2. The topological polar surface area (TPSA) is 105 Å². The maximum Gasteiger partial charge on any atom is 0.339 e. The summed E-state index contributed by atoms with van der Waals surface area (Å²) in [6.45, 7) is 1.45. The number of thiazole rings is 1. The normalized spacial score (nSPS) is 10.6. The summed E-state index contributed by atoms with van der Waals surface area (Å²) in [4.78, 5) is 30.2. The van der Waals surface area contributed by atoms with E-state index >= 15 is 0 Å². The van der Waals surface area contributed by atoms with Crippen molar-refractivity contribution >= 4 is 51.6 Å². The summed E-state index contributed by atoms with van der Waals surface area (Å²) in [7, 11) is 0. The lowest BCUT2D eigenvalue weighted by Crippen LogP contribution is -2.21. The third-order valence-electron chi connectivity index (χ3n) is 4.44. The van der Waals surface area contributed by atoms with E-state index in [9.17, 15) is 14.9 Å². The molecule has 0 atom stereocenters. The standard InChI is InChI=1S/C23H17N3O4S2/c1-14-25-15(12-31-14)13-32-20-9-5-3-7-17(20)23(28)29-11-21(27)26-22-16-6-2-4-8-18(16)30-19(22)10-24/h2-9,12H,11,13H2,1H3,(H,26,27). The van der Waals surface area contributed by atoms with Crippen molar-refractivity contribution in [1.29, 1.82) is 5.26 Å². The van der Waals surface area contributed by atoms with E-state index in [1.807, 2.05) is 30.5 Å². The highest BCUT2D eigenvalue weighted by Crippen LogP contribution is 2.30. The maximum absolute atomic E-state index is 12.6. The molecule has 160 valence electrons. The zero-order chi connectivity index (χ0) is 22.5. The molecule has 0 aliphatic rings. The Kier molecular flexibility index (Phi) is 6.54. The number of fused-ring (bicyclic) bond motifs is 1. The van der Waals surface area contributed by atoms with Crippen molar-refractivity contribution in [2.45, 2.75) is 17.6 Å². The minimum atomic E-state index is -0.602. The molecule has 7 nitrogen and oxygen atoms in total. The van der Waals surface area contributed by atoms with Gasteiger partial charge in [-0.1, -0.05) is 24.3 Å². The molecule has 0 radical (unpaired) electrons. The van der Waals surface area contributed by atoms with Crippen LogP contribution in [0.5, 0.6) is 0 Å². The number of aryl methyl sites for hydroxylation is 1. The van der Waals surface area contributed by atoms with Crippen molar-refractivity contribution in [1.82, 2.24) is 4.98 Å². The predicted molar refractivity (Wildman–Crippen MR) is 123 cm³/mol. The molecule has 2 heterocycles. The van der Waals surface area contributed by atoms with Gasteiger partial charge in [0, 0.05) is 21.4 Å². The molecule has 2 aromatic carbocycles. The van der Waals surface area contributed by atoms with Gasteiger partial charge in [-0.3, -0.25) is 4.79 Å². The van der Waals surface area contributed by atoms with Gasteiger partial charge >= 0.3 is 5.97 Å². The molecule has 9 heteroatoms. The summed E-state index contributed by atoms with van der Waals surface area (Å²) in [5.74, 6) is -0.552. The molecule has 0 bridgehead atoms. The molecule has 0 fully saturated rings. The molecule has 4 aromatic rings. The Morgan fingerprint density at radius 3 is 2.78 bits per heavy atom. The summed E-state index contributed by atoms with van der Waals surface area (Å²) < 4.78 is 10.7. The van der Waals surface area contributed by atoms with Gasteiger partial charge in [0.1, 0.15) is 17.3 Å². The van der Waals surface area contributed by atoms with E-state index < -0.39 is 18.5 Å². The van der Waals surface area contributed by atoms with Crippen LogP contribution in [0, 0.1) is 18.3 Å². The number of thioether (sulfide) groups is 1. The van der Waals surface area contributed by atoms with E-state index in [0.29, 0.717) is 22.3 Å². The summed E-state index contributed by atoms with van der Waals surface area (Å²) in [6.07, 6.45) is 0. The molecule has 0 unspecified atom stereocenters. The van der Waals surface area contributed by atoms with Gasteiger partial charge in [-0.25, -0.2) is 9.78 Å². The second kappa shape index (κ2) is 9.68. The van der Waals surface area contributed by atoms with Gasteiger partial charge in [0.05, 0.1) is 16.3 Å². The molecular formula is C23H17N3O4S2. The molecule has 0 spiro atoms. The number of hydrogen-bond acceptors (Lipinski definition) is 8. The molecule has 0 saturated heterocycles. The first-order valence-corrected chi connectivity index (χ1v) is 11.4. The fraction of sp³-hybridized carbons (Fsp3) is 0.130. The number of ether oxygens (including phenoxy) is 1. The zero-order valence-electron chi connectivity index (χ0n) is 17.0. The number of nitrogens with one attached hydrogen (secondary N) is 1. The number of esters is 1. The average Bonchev–Trinajstić information content (AvgIpc) is 3.39. The first-order valence-electron chi connectivity index (χ1n) is 9.56. The lowest BCUT2D eigenvalue weighted by atomic mass is 10.2. The van der Waals surface area contributed by atoms with Crippen molar-refractivity contribution in [2.24, 2.45) is 0 Å². The number of nitrogens with zero attached hydrogens (tertiary/aromatic N) is 2. The van der Waals surface area contributed by atoms with Crippen LogP contribution in [0.25, 0.3) is 11.0 Å². The Labute approximate surface area is 192 Å². The fourth-order valence-electron chi connectivity index (χ4n) is 3.02. The summed E-state index contributed by atoms with van der Waals surface area (Å²) >= 11 is 3.06. The van der Waals surface area contributed by atoms with Gasteiger partial charge in [-0.2, -0.15) is 5.26 Å². The summed E-state index contributed by atoms with van der Waals surface area (Å²) in [5.41, 5.74) is 2.07. The van der Waals surface area contributed by atoms with E-state index in [1.54, 1.807) is 47.7 Å². The van der Waals surface area contributed by atoms with Crippen LogP contribution in [0.1, 0.15) is 26.8 Å². The lowest BCUT2D eigenvalue weighted by molar-refractivity contribution is -0.119. The Morgan fingerprint density at radius 2 is 2.00 bits per heavy atom. The SMILES string of the molecule is Cc1nc(CSc2ccccc2C(=O)OCC(=O)Nc2c(C#N)oc3ccccc23)cs1. The van der Waals surface area contributed by atoms with Crippen molar-refractivity contribution in [3.63, 3.8) is 0 Å². The molecule has 1 amide bonds. The van der Waals surface area contributed by atoms with E-state index in [-0.39, 0.29) is 11.4 Å². The van der Waals surface area contributed by atoms with Crippen molar-refractivity contribution in [3.8, 4) is 6.07 Å². The highest BCUT2D eigenvalue weighted by atomic mass is 32.2. The zero-order valence-corrected chi connectivity index (χ0v) is 18.6. The minimum absolute atomic E-state index is 0.00935. The van der Waals surface area contributed by atoms with Crippen LogP contribution in [0.3, 0.4) is 0 Å². The van der Waals surface area contributed by atoms with Crippen LogP contribution in [0.4, 0.5) is 5.69 Å². The van der Waals surface area contributed by atoms with E-state index in [1.165, 1.54) is 11.8 Å². The first-order chi connectivity index (χ1) is 15.5. The van der Waals surface area contributed by atoms with Gasteiger partial charge < -0.3 is 14.5 Å². The van der Waals surface area contributed by atoms with Crippen LogP contribution < -0.4 is 5.32 Å². The molecule has 0 aliphatic heterocycles. The van der Waals surface area contributed by atoms with Gasteiger partial charge in [0.2, 0.25) is 5.76 Å². The van der Waals surface area contributed by atoms with Crippen molar-refractivity contribution in [2.75, 3.05) is 11.9 Å². The number of furan rings is 1. The molecule has 1 N–H and O–H groups in total. The summed E-state index contributed by atoms with van der Waals surface area (Å²) in [5, 5.41) is 15.5. The second-order valence-electron chi connectivity index (χ2n) is 6.68. The fourth-order valence-corrected chi connectivity index (χ4v) is 4.67. The third-order valence-corrected chi connectivity index (χ3v) is 6.37. The van der Waals surface area contributed by atoms with E-state index in [0.717, 1.165) is 15.6 Å². The number of carbonyl (C=O) groups is 2. The highest BCUT2D eigenvalue weighted by molar-refractivity contribution is 7.98. The minimum Gasteiger partial charge on any atom is -0.452 e. The Morgan fingerprint density at radius 1 is 1.22 bits per heavy atom. The van der Waals surface area contributed by atoms with Gasteiger partial charge in [0.15, 0.2) is 6.61 Å². The molecule has 0 saturated carbocycles. The quantitative estimate of drug-likeness (QED) is 0.298. The largest absolute Gasteiger partial charge is 0.452 e. The number of nitriles is 1. The van der Waals surface area contributed by atoms with Gasteiger partial charge in [-0.15, -0.1) is 23.1 Å². The highest BCUT2D eigenvalue weighted by Gasteiger charge is 2.19. The number of para-hydroxylation sites is 1. The maximum atomic E-state index is 12.6. The van der Waals surface area contributed by atoms with Gasteiger partial charge in [0.25, 0.3) is 5.91 Å². The lowest BCUT2D eigenvalue weighted by Gasteiger charge is -2.09. The molecule has 32 heavy (non-hydrogen) atoms. The first kappa shape index (κ1) is 21.6. The van der Waals surface area contributed by atoms with Crippen LogP contribution in [-0.2, 0) is 15.3 Å². The van der Waals surface area contributed by atoms with Crippen molar-refractivity contribution in [3.05, 3.63) is 75.9 Å². The van der Waals surface area contributed by atoms with Crippen LogP contribution in [0.15, 0.2) is 63.2 Å². The third kappa shape index (κ3) is 4.82. The molecular weight excluding hydrogens is 446 g/mol. The van der Waals surface area contributed by atoms with Crippen LogP contribution in [-0.4, -0.2) is 23.5 Å². The number of anilines is 1. The smallest absolute Gasteiger partial charge is 0.339 e. The average molecular weight is 464 g/mol. The Bertz CT molecular complexity index is 1340. The molecule has 4 rings (SSSR count). The molecule has 2 aromatic heterocycles. The van der Waals surface area contributed by atoms with E-state index in [4.69, 9.17) is 9.15 Å². The number of hydrogen-bond donors (Lipinski definition) is 1. The van der Waals surface area contributed by atoms with E-state index in [2.05, 4.69) is 10.3 Å². The number of amides is 1.